The summed E-state index contributed by atoms with van der Waals surface area (Å²) in [5, 5.41) is 0. The topological polar surface area (TPSA) is 51.2 Å². The van der Waals surface area contributed by atoms with Crippen molar-refractivity contribution >= 4 is 17.7 Å². The fraction of sp³-hybridized carbons (Fsp3) is 0.458. The molecule has 2 aromatic carbocycles. The number of benzene rings is 2. The summed E-state index contributed by atoms with van der Waals surface area (Å²) in [4.78, 5) is 18.7. The first-order valence-electron chi connectivity index (χ1n) is 10.8. The number of thioether (sulfide) groups is 1. The Morgan fingerprint density at radius 2 is 1.77 bits per heavy atom. The highest BCUT2D eigenvalue weighted by molar-refractivity contribution is 8.00. The highest BCUT2D eigenvalue weighted by atomic mass is 32.2. The van der Waals surface area contributed by atoms with E-state index >= 15 is 0 Å². The molecule has 31 heavy (non-hydrogen) atoms. The zero-order chi connectivity index (χ0) is 21.5. The average molecular weight is 443 g/mol. The summed E-state index contributed by atoms with van der Waals surface area (Å²) >= 11 is 1.54. The van der Waals surface area contributed by atoms with E-state index in [2.05, 4.69) is 24.0 Å². The summed E-state index contributed by atoms with van der Waals surface area (Å²) in [5.74, 6) is 2.06. The van der Waals surface area contributed by atoms with E-state index in [1.54, 1.807) is 11.8 Å². The van der Waals surface area contributed by atoms with Gasteiger partial charge in [0.05, 0.1) is 19.0 Å². The van der Waals surface area contributed by atoms with Crippen molar-refractivity contribution < 1.29 is 19.0 Å². The van der Waals surface area contributed by atoms with Gasteiger partial charge in [-0.25, -0.2) is 0 Å². The number of nitrogens with zero attached hydrogens (tertiary/aromatic N) is 2. The lowest BCUT2D eigenvalue weighted by Gasteiger charge is -2.35. The van der Waals surface area contributed by atoms with Gasteiger partial charge in [-0.15, -0.1) is 11.8 Å². The lowest BCUT2D eigenvalue weighted by atomic mass is 10.1. The van der Waals surface area contributed by atoms with Gasteiger partial charge in [0, 0.05) is 37.1 Å². The van der Waals surface area contributed by atoms with Crippen LogP contribution < -0.4 is 9.47 Å². The van der Waals surface area contributed by atoms with Crippen LogP contribution in [0.2, 0.25) is 0 Å². The van der Waals surface area contributed by atoms with Crippen molar-refractivity contribution in [3.63, 3.8) is 0 Å². The predicted molar refractivity (Wildman–Crippen MR) is 122 cm³/mol. The summed E-state index contributed by atoms with van der Waals surface area (Å²) in [6, 6.07) is 16.2. The second-order valence-corrected chi connectivity index (χ2v) is 8.91. The van der Waals surface area contributed by atoms with E-state index in [0.29, 0.717) is 25.5 Å². The van der Waals surface area contributed by atoms with Crippen LogP contribution in [0, 0.1) is 0 Å². The molecule has 2 heterocycles. The van der Waals surface area contributed by atoms with E-state index < -0.39 is 0 Å². The SMILES string of the molecule is CC(CN1CCOCC1)N(Cc1ccccc1)C(=O)CSc1ccc2c(c1)OCCO2. The van der Waals surface area contributed by atoms with Crippen LogP contribution in [0.1, 0.15) is 12.5 Å². The maximum Gasteiger partial charge on any atom is 0.233 e. The molecule has 0 aliphatic carbocycles. The first kappa shape index (κ1) is 22.0. The molecule has 0 saturated carbocycles. The van der Waals surface area contributed by atoms with Crippen molar-refractivity contribution in [1.29, 1.82) is 0 Å². The van der Waals surface area contributed by atoms with Crippen LogP contribution in [-0.4, -0.2) is 73.6 Å². The van der Waals surface area contributed by atoms with E-state index in [-0.39, 0.29) is 11.9 Å². The molecule has 1 atom stereocenters. The molecule has 1 unspecified atom stereocenters. The molecule has 0 N–H and O–H groups in total. The van der Waals surface area contributed by atoms with Crippen LogP contribution in [-0.2, 0) is 16.1 Å². The van der Waals surface area contributed by atoms with Gasteiger partial charge < -0.3 is 19.1 Å². The molecule has 166 valence electrons. The highest BCUT2D eigenvalue weighted by Crippen LogP contribution is 2.34. The van der Waals surface area contributed by atoms with Crippen LogP contribution in [0.25, 0.3) is 0 Å². The van der Waals surface area contributed by atoms with Gasteiger partial charge >= 0.3 is 0 Å². The number of carbonyl (C=O) groups excluding carboxylic acids is 1. The van der Waals surface area contributed by atoms with Gasteiger partial charge in [0.25, 0.3) is 0 Å². The normalized spacial score (nSPS) is 17.2. The van der Waals surface area contributed by atoms with Gasteiger partial charge in [0.15, 0.2) is 11.5 Å². The van der Waals surface area contributed by atoms with Crippen molar-refractivity contribution in [3.05, 3.63) is 54.1 Å². The van der Waals surface area contributed by atoms with Gasteiger partial charge in [0.1, 0.15) is 13.2 Å². The number of amides is 1. The second kappa shape index (κ2) is 10.9. The number of morpholine rings is 1. The Morgan fingerprint density at radius 3 is 2.55 bits per heavy atom. The minimum atomic E-state index is 0.117. The minimum Gasteiger partial charge on any atom is -0.486 e. The summed E-state index contributed by atoms with van der Waals surface area (Å²) < 4.78 is 16.7. The molecule has 1 saturated heterocycles. The Balaban J connectivity index is 1.41. The number of carbonyl (C=O) groups is 1. The van der Waals surface area contributed by atoms with Crippen LogP contribution >= 0.6 is 11.8 Å². The smallest absolute Gasteiger partial charge is 0.233 e. The number of hydrogen-bond donors (Lipinski definition) is 0. The summed E-state index contributed by atoms with van der Waals surface area (Å²) in [6.45, 7) is 8.12. The van der Waals surface area contributed by atoms with Crippen molar-refractivity contribution in [2.24, 2.45) is 0 Å². The zero-order valence-electron chi connectivity index (χ0n) is 18.0. The van der Waals surface area contributed by atoms with Crippen LogP contribution in [0.4, 0.5) is 0 Å². The molecular formula is C24H30N2O4S. The molecule has 2 aliphatic rings. The third kappa shape index (κ3) is 6.15. The standard InChI is InChI=1S/C24H30N2O4S/c1-19(16-25-9-11-28-12-10-25)26(17-20-5-3-2-4-6-20)24(27)18-31-21-7-8-22-23(15-21)30-14-13-29-22/h2-8,15,19H,9-14,16-18H2,1H3. The third-order valence-corrected chi connectivity index (χ3v) is 6.53. The van der Waals surface area contributed by atoms with Crippen molar-refractivity contribution in [3.8, 4) is 11.5 Å². The molecule has 1 fully saturated rings. The number of ether oxygens (including phenoxy) is 3. The molecule has 1 amide bonds. The van der Waals surface area contributed by atoms with Crippen LogP contribution in [0.3, 0.4) is 0 Å². The number of fused-ring (bicyclic) bond motifs is 1. The van der Waals surface area contributed by atoms with Crippen molar-refractivity contribution in [1.82, 2.24) is 9.80 Å². The second-order valence-electron chi connectivity index (χ2n) is 7.86. The largest absolute Gasteiger partial charge is 0.486 e. The lowest BCUT2D eigenvalue weighted by Crippen LogP contribution is -2.48. The maximum absolute atomic E-state index is 13.3. The van der Waals surface area contributed by atoms with E-state index in [1.807, 2.05) is 41.3 Å². The Kier molecular flexibility index (Phi) is 7.72. The highest BCUT2D eigenvalue weighted by Gasteiger charge is 2.24. The average Bonchev–Trinajstić information content (AvgIpc) is 2.82. The van der Waals surface area contributed by atoms with Gasteiger partial charge in [-0.1, -0.05) is 30.3 Å². The van der Waals surface area contributed by atoms with E-state index in [1.165, 1.54) is 0 Å². The first-order valence-corrected chi connectivity index (χ1v) is 11.8. The number of hydrogen-bond acceptors (Lipinski definition) is 6. The summed E-state index contributed by atoms with van der Waals surface area (Å²) in [7, 11) is 0. The molecule has 0 radical (unpaired) electrons. The first-order chi connectivity index (χ1) is 15.2. The van der Waals surface area contributed by atoms with E-state index in [4.69, 9.17) is 14.2 Å². The van der Waals surface area contributed by atoms with Gasteiger partial charge in [-0.05, 0) is 30.7 Å². The quantitative estimate of drug-likeness (QED) is 0.585. The molecule has 2 aromatic rings. The Hall–Kier alpha value is -2.22. The minimum absolute atomic E-state index is 0.117. The lowest BCUT2D eigenvalue weighted by molar-refractivity contribution is -0.131. The summed E-state index contributed by atoms with van der Waals surface area (Å²) in [6.07, 6.45) is 0. The van der Waals surface area contributed by atoms with Crippen molar-refractivity contribution in [2.45, 2.75) is 24.4 Å². The Labute approximate surface area is 188 Å². The zero-order valence-corrected chi connectivity index (χ0v) is 18.8. The van der Waals surface area contributed by atoms with E-state index in [9.17, 15) is 4.79 Å². The Morgan fingerprint density at radius 1 is 1.03 bits per heavy atom. The van der Waals surface area contributed by atoms with Gasteiger partial charge in [-0.3, -0.25) is 9.69 Å². The number of rotatable bonds is 8. The fourth-order valence-electron chi connectivity index (χ4n) is 3.87. The molecule has 7 heteroatoms. The monoisotopic (exact) mass is 442 g/mol. The van der Waals surface area contributed by atoms with Crippen molar-refractivity contribution in [2.75, 3.05) is 51.8 Å². The third-order valence-electron chi connectivity index (χ3n) is 5.55. The van der Waals surface area contributed by atoms with E-state index in [0.717, 1.165) is 54.8 Å². The van der Waals surface area contributed by atoms with Gasteiger partial charge in [-0.2, -0.15) is 0 Å². The molecule has 0 spiro atoms. The Bertz CT molecular complexity index is 858. The van der Waals surface area contributed by atoms with Crippen LogP contribution in [0.15, 0.2) is 53.4 Å². The fourth-order valence-corrected chi connectivity index (χ4v) is 4.68. The maximum atomic E-state index is 13.3. The molecule has 2 aliphatic heterocycles. The molecule has 0 aromatic heterocycles. The summed E-state index contributed by atoms with van der Waals surface area (Å²) in [5.41, 5.74) is 1.15. The van der Waals surface area contributed by atoms with Crippen LogP contribution in [0.5, 0.6) is 11.5 Å². The molecule has 4 rings (SSSR count). The predicted octanol–water partition coefficient (Wildman–Crippen LogP) is 3.30. The molecule has 6 nitrogen and oxygen atoms in total. The van der Waals surface area contributed by atoms with Gasteiger partial charge in [0.2, 0.25) is 5.91 Å². The molecule has 0 bridgehead atoms. The molecular weight excluding hydrogens is 412 g/mol.